The maximum Gasteiger partial charge on any atom is 0.197 e. The van der Waals surface area contributed by atoms with Crippen molar-refractivity contribution in [3.05, 3.63) is 53.0 Å². The van der Waals surface area contributed by atoms with Gasteiger partial charge in [-0.2, -0.15) is 0 Å². The Kier molecular flexibility index (Phi) is 4.31. The first-order valence-corrected chi connectivity index (χ1v) is 8.10. The van der Waals surface area contributed by atoms with E-state index in [9.17, 15) is 13.6 Å². The number of rotatable bonds is 4. The van der Waals surface area contributed by atoms with Gasteiger partial charge in [-0.25, -0.2) is 13.8 Å². The Labute approximate surface area is 141 Å². The van der Waals surface area contributed by atoms with E-state index >= 15 is 0 Å². The molecular formula is C16H14F2N4OS. The van der Waals surface area contributed by atoms with Crippen molar-refractivity contribution in [2.24, 2.45) is 0 Å². The summed E-state index contributed by atoms with van der Waals surface area (Å²) in [5.74, 6) is -1.33. The second kappa shape index (κ2) is 6.27. The minimum absolute atomic E-state index is 0.143. The minimum atomic E-state index is -0.868. The number of carbonyl (C=O) groups excluding carboxylic acids is 1. The third-order valence-corrected chi connectivity index (χ3v) is 4.55. The standard InChI is InChI=1S/C16H14F2N4OS/c1-8-6-14-20-21-16(22(14)10(3)19-8)24-9(2)15(23)12-5-4-11(17)7-13(12)18/h4-7,9H,1-3H3/t9-/m1/s1. The van der Waals surface area contributed by atoms with Crippen molar-refractivity contribution in [3.63, 3.8) is 0 Å². The zero-order valence-electron chi connectivity index (χ0n) is 13.2. The first-order chi connectivity index (χ1) is 11.4. The number of nitrogens with zero attached hydrogens (tertiary/aromatic N) is 4. The summed E-state index contributed by atoms with van der Waals surface area (Å²) >= 11 is 1.15. The molecule has 3 aromatic rings. The molecule has 0 fully saturated rings. The lowest BCUT2D eigenvalue weighted by Crippen LogP contribution is -2.16. The summed E-state index contributed by atoms with van der Waals surface area (Å²) in [6.07, 6.45) is 0. The lowest BCUT2D eigenvalue weighted by atomic mass is 10.1. The fourth-order valence-electron chi connectivity index (χ4n) is 2.40. The van der Waals surface area contributed by atoms with Gasteiger partial charge in [0.15, 0.2) is 16.6 Å². The Bertz CT molecular complexity index is 941. The molecule has 1 atom stereocenters. The first-order valence-electron chi connectivity index (χ1n) is 7.22. The van der Waals surface area contributed by atoms with Crippen LogP contribution < -0.4 is 0 Å². The lowest BCUT2D eigenvalue weighted by Gasteiger charge is -2.10. The van der Waals surface area contributed by atoms with Crippen molar-refractivity contribution in [3.8, 4) is 0 Å². The molecule has 24 heavy (non-hydrogen) atoms. The van der Waals surface area contributed by atoms with Crippen LogP contribution in [0.3, 0.4) is 0 Å². The average molecular weight is 348 g/mol. The molecule has 0 aliphatic heterocycles. The highest BCUT2D eigenvalue weighted by atomic mass is 32.2. The number of ketones is 1. The number of hydrogen-bond acceptors (Lipinski definition) is 5. The minimum Gasteiger partial charge on any atom is -0.293 e. The van der Waals surface area contributed by atoms with E-state index in [0.29, 0.717) is 22.7 Å². The van der Waals surface area contributed by atoms with Crippen LogP contribution in [0.4, 0.5) is 8.78 Å². The van der Waals surface area contributed by atoms with Gasteiger partial charge in [0.2, 0.25) is 0 Å². The van der Waals surface area contributed by atoms with Crippen molar-refractivity contribution < 1.29 is 13.6 Å². The van der Waals surface area contributed by atoms with Gasteiger partial charge in [-0.3, -0.25) is 9.20 Å². The summed E-state index contributed by atoms with van der Waals surface area (Å²) in [7, 11) is 0. The third-order valence-electron chi connectivity index (χ3n) is 3.51. The maximum atomic E-state index is 13.8. The molecule has 8 heteroatoms. The van der Waals surface area contributed by atoms with E-state index in [1.807, 2.05) is 13.8 Å². The summed E-state index contributed by atoms with van der Waals surface area (Å²) in [6.45, 7) is 5.32. The second-order valence-corrected chi connectivity index (χ2v) is 6.68. The van der Waals surface area contributed by atoms with Crippen LogP contribution in [-0.2, 0) is 0 Å². The van der Waals surface area contributed by atoms with Gasteiger partial charge in [-0.15, -0.1) is 10.2 Å². The highest BCUT2D eigenvalue weighted by molar-refractivity contribution is 8.00. The molecule has 0 radical (unpaired) electrons. The zero-order chi connectivity index (χ0) is 17.4. The van der Waals surface area contributed by atoms with E-state index in [-0.39, 0.29) is 5.56 Å². The number of fused-ring (bicyclic) bond motifs is 1. The number of aromatic nitrogens is 4. The Balaban J connectivity index is 1.89. The van der Waals surface area contributed by atoms with Crippen LogP contribution in [0.15, 0.2) is 29.4 Å². The molecule has 2 aromatic heterocycles. The van der Waals surface area contributed by atoms with E-state index in [2.05, 4.69) is 15.2 Å². The van der Waals surface area contributed by atoms with Crippen LogP contribution in [0.5, 0.6) is 0 Å². The molecule has 0 saturated carbocycles. The summed E-state index contributed by atoms with van der Waals surface area (Å²) in [5, 5.41) is 8.04. The number of Topliss-reactive ketones (excluding diaryl/α,β-unsaturated/α-hetero) is 1. The largest absolute Gasteiger partial charge is 0.293 e. The quantitative estimate of drug-likeness (QED) is 0.534. The average Bonchev–Trinajstić information content (AvgIpc) is 2.89. The van der Waals surface area contributed by atoms with Crippen molar-refractivity contribution in [2.75, 3.05) is 0 Å². The lowest BCUT2D eigenvalue weighted by molar-refractivity contribution is 0.0990. The predicted octanol–water partition coefficient (Wildman–Crippen LogP) is 3.38. The summed E-state index contributed by atoms with van der Waals surface area (Å²) in [5.41, 5.74) is 1.31. The highest BCUT2D eigenvalue weighted by Gasteiger charge is 2.23. The Morgan fingerprint density at radius 2 is 1.96 bits per heavy atom. The van der Waals surface area contributed by atoms with Gasteiger partial charge in [0.1, 0.15) is 17.5 Å². The van der Waals surface area contributed by atoms with Gasteiger partial charge in [0, 0.05) is 17.8 Å². The monoisotopic (exact) mass is 348 g/mol. The number of hydrogen-bond donors (Lipinski definition) is 0. The molecule has 0 saturated heterocycles. The van der Waals surface area contributed by atoms with Gasteiger partial charge < -0.3 is 0 Å². The number of benzene rings is 1. The summed E-state index contributed by atoms with van der Waals surface area (Å²) < 4.78 is 28.5. The topological polar surface area (TPSA) is 60.2 Å². The van der Waals surface area contributed by atoms with E-state index in [1.165, 1.54) is 0 Å². The number of carbonyl (C=O) groups is 1. The van der Waals surface area contributed by atoms with E-state index in [0.717, 1.165) is 29.6 Å². The third kappa shape index (κ3) is 3.01. The summed E-state index contributed by atoms with van der Waals surface area (Å²) in [6, 6.07) is 4.71. The van der Waals surface area contributed by atoms with Gasteiger partial charge >= 0.3 is 0 Å². The number of thioether (sulfide) groups is 1. The Hall–Kier alpha value is -2.35. The van der Waals surface area contributed by atoms with Crippen LogP contribution in [-0.4, -0.2) is 30.6 Å². The van der Waals surface area contributed by atoms with Crippen molar-refractivity contribution in [1.29, 1.82) is 0 Å². The van der Waals surface area contributed by atoms with Crippen molar-refractivity contribution >= 4 is 23.2 Å². The van der Waals surface area contributed by atoms with Crippen LogP contribution in [0.1, 0.15) is 28.8 Å². The molecular weight excluding hydrogens is 334 g/mol. The van der Waals surface area contributed by atoms with E-state index in [4.69, 9.17) is 0 Å². The molecule has 124 valence electrons. The van der Waals surface area contributed by atoms with Crippen LogP contribution in [0.2, 0.25) is 0 Å². The molecule has 3 rings (SSSR count). The molecule has 2 heterocycles. The Morgan fingerprint density at radius 1 is 1.21 bits per heavy atom. The number of aryl methyl sites for hydroxylation is 2. The van der Waals surface area contributed by atoms with Crippen molar-refractivity contribution in [2.45, 2.75) is 31.2 Å². The van der Waals surface area contributed by atoms with Gasteiger partial charge in [0.25, 0.3) is 0 Å². The van der Waals surface area contributed by atoms with Crippen LogP contribution in [0, 0.1) is 25.5 Å². The SMILES string of the molecule is Cc1cc2nnc(S[C@H](C)C(=O)c3ccc(F)cc3F)n2c(C)n1. The van der Waals surface area contributed by atoms with Gasteiger partial charge in [-0.05, 0) is 32.9 Å². The highest BCUT2D eigenvalue weighted by Crippen LogP contribution is 2.26. The maximum absolute atomic E-state index is 13.8. The van der Waals surface area contributed by atoms with Gasteiger partial charge in [0.05, 0.1) is 10.8 Å². The van der Waals surface area contributed by atoms with Crippen LogP contribution in [0.25, 0.3) is 5.65 Å². The number of halogens is 2. The normalized spacial score (nSPS) is 12.5. The predicted molar refractivity (Wildman–Crippen MR) is 86.3 cm³/mol. The molecule has 0 aliphatic carbocycles. The van der Waals surface area contributed by atoms with E-state index < -0.39 is 22.7 Å². The molecule has 0 amide bonds. The van der Waals surface area contributed by atoms with Crippen LogP contribution >= 0.6 is 11.8 Å². The Morgan fingerprint density at radius 3 is 2.67 bits per heavy atom. The fourth-order valence-corrected chi connectivity index (χ4v) is 3.37. The zero-order valence-corrected chi connectivity index (χ0v) is 14.1. The molecule has 0 unspecified atom stereocenters. The molecule has 1 aromatic carbocycles. The molecule has 0 bridgehead atoms. The molecule has 0 N–H and O–H groups in total. The molecule has 0 spiro atoms. The van der Waals surface area contributed by atoms with E-state index in [1.54, 1.807) is 17.4 Å². The smallest absolute Gasteiger partial charge is 0.197 e. The second-order valence-electron chi connectivity index (χ2n) is 5.37. The van der Waals surface area contributed by atoms with Crippen molar-refractivity contribution in [1.82, 2.24) is 19.6 Å². The first kappa shape index (κ1) is 16.5. The van der Waals surface area contributed by atoms with Gasteiger partial charge in [-0.1, -0.05) is 11.8 Å². The molecule has 0 aliphatic rings. The molecule has 5 nitrogen and oxygen atoms in total. The fraction of sp³-hybridized carbons (Fsp3) is 0.250. The summed E-state index contributed by atoms with van der Waals surface area (Å²) in [4.78, 5) is 16.8.